The number of aromatic carboxylic acids is 1. The van der Waals surface area contributed by atoms with Crippen LogP contribution >= 0.6 is 0 Å². The summed E-state index contributed by atoms with van der Waals surface area (Å²) in [4.78, 5) is 42.1. The van der Waals surface area contributed by atoms with Crippen molar-refractivity contribution in [2.24, 2.45) is 23.7 Å². The number of aromatic nitrogens is 6. The lowest BCUT2D eigenvalue weighted by molar-refractivity contribution is 0.0622. The van der Waals surface area contributed by atoms with Crippen molar-refractivity contribution in [3.05, 3.63) is 111 Å². The van der Waals surface area contributed by atoms with E-state index in [1.165, 1.54) is 24.0 Å². The molecule has 0 bridgehead atoms. The quantitative estimate of drug-likeness (QED) is 0.0658. The van der Waals surface area contributed by atoms with E-state index in [2.05, 4.69) is 81.1 Å². The van der Waals surface area contributed by atoms with Crippen LogP contribution in [0.3, 0.4) is 0 Å². The van der Waals surface area contributed by atoms with Crippen molar-refractivity contribution >= 4 is 31.6 Å². The van der Waals surface area contributed by atoms with Crippen molar-refractivity contribution in [2.75, 3.05) is 42.6 Å². The van der Waals surface area contributed by atoms with Crippen molar-refractivity contribution in [3.63, 3.8) is 0 Å². The first-order valence-corrected chi connectivity index (χ1v) is 25.9. The van der Waals surface area contributed by atoms with Crippen LogP contribution in [0, 0.1) is 44.4 Å². The molecule has 3 aliphatic carbocycles. The molecule has 7 heterocycles. The number of fused-ring (bicyclic) bond motifs is 3. The standard InChI is InChI=1S/C24H28N6O.C23H33N3O3Si/c1-13-16(3-6-22(26-13)30-11-17-9-18(17)12-30)7-15-8-21(25-10-15)24(31)27-20-5-4-19-14(2)28-29-23(19)20;1-16-18(5-6-22(24-16)25-13-19-11-20(19)14-25)9-17-10-21(23(27)28)26(12-17)15-29-7-8-30(2,3)4/h3,6,8,10,17-18,20,25H,4-5,7,9,11-12H2,1-2H3,(H,27,31)(H,28,29);5-6,10,12,19-20H,7-9,11,13-15H2,1-4H3,(H,27,28)/t17?,18?,20-;/m1./s1. The number of aromatic amines is 2. The van der Waals surface area contributed by atoms with Crippen molar-refractivity contribution in [2.45, 2.75) is 97.8 Å². The van der Waals surface area contributed by atoms with Gasteiger partial charge < -0.3 is 34.5 Å². The number of nitrogens with one attached hydrogen (secondary N) is 3. The predicted octanol–water partition coefficient (Wildman–Crippen LogP) is 7.46. The number of aryl methyl sites for hydroxylation is 3. The van der Waals surface area contributed by atoms with E-state index < -0.39 is 14.0 Å². The average molecular weight is 844 g/mol. The zero-order chi connectivity index (χ0) is 42.6. The van der Waals surface area contributed by atoms with E-state index in [0.29, 0.717) is 18.7 Å². The van der Waals surface area contributed by atoms with Crippen LogP contribution in [-0.4, -0.2) is 87.6 Å². The van der Waals surface area contributed by atoms with Gasteiger partial charge in [-0.15, -0.1) is 0 Å². The van der Waals surface area contributed by atoms with E-state index in [0.717, 1.165) is 126 Å². The average Bonchev–Trinajstić information content (AvgIpc) is 3.66. The first kappa shape index (κ1) is 41.2. The number of ether oxygens (including phenoxy) is 1. The Morgan fingerprint density at radius 2 is 1.48 bits per heavy atom. The van der Waals surface area contributed by atoms with Crippen LogP contribution in [0.1, 0.15) is 96.9 Å². The van der Waals surface area contributed by atoms with Crippen molar-refractivity contribution < 1.29 is 19.4 Å². The first-order chi connectivity index (χ1) is 29.2. The number of rotatable bonds is 14. The molecule has 4 N–H and O–H groups in total. The van der Waals surface area contributed by atoms with Crippen LogP contribution in [0.2, 0.25) is 25.7 Å². The van der Waals surface area contributed by atoms with Gasteiger partial charge in [0.1, 0.15) is 29.8 Å². The molecule has 5 aromatic rings. The Hall–Kier alpha value is -5.21. The van der Waals surface area contributed by atoms with Crippen molar-refractivity contribution in [3.8, 4) is 0 Å². The molecule has 10 rings (SSSR count). The molecule has 2 saturated heterocycles. The second-order valence-corrected chi connectivity index (χ2v) is 25.2. The van der Waals surface area contributed by atoms with Crippen LogP contribution in [0.25, 0.3) is 0 Å². The summed E-state index contributed by atoms with van der Waals surface area (Å²) < 4.78 is 7.48. The zero-order valence-electron chi connectivity index (χ0n) is 36.6. The van der Waals surface area contributed by atoms with E-state index in [-0.39, 0.29) is 24.4 Å². The van der Waals surface area contributed by atoms with Gasteiger partial charge in [-0.25, -0.2) is 14.8 Å². The van der Waals surface area contributed by atoms with Crippen LogP contribution in [0.5, 0.6) is 0 Å². The van der Waals surface area contributed by atoms with E-state index in [1.807, 2.05) is 32.3 Å². The zero-order valence-corrected chi connectivity index (χ0v) is 37.6. The molecule has 5 atom stereocenters. The highest BCUT2D eigenvalue weighted by atomic mass is 28.3. The molecule has 4 unspecified atom stereocenters. The number of H-pyrrole nitrogens is 2. The topological polar surface area (TPSA) is 157 Å². The minimum absolute atomic E-state index is 0.0187. The Morgan fingerprint density at radius 1 is 0.869 bits per heavy atom. The summed E-state index contributed by atoms with van der Waals surface area (Å²) in [5, 5.41) is 20.1. The number of carbonyl (C=O) groups excluding carboxylic acids is 1. The molecule has 0 aromatic carbocycles. The van der Waals surface area contributed by atoms with E-state index >= 15 is 0 Å². The van der Waals surface area contributed by atoms with Gasteiger partial charge in [0.15, 0.2) is 0 Å². The number of carbonyl (C=O) groups is 2. The third-order valence-electron chi connectivity index (χ3n) is 13.6. The van der Waals surface area contributed by atoms with Gasteiger partial charge in [0, 0.05) is 83.2 Å². The maximum absolute atomic E-state index is 12.8. The Morgan fingerprint density at radius 3 is 2.05 bits per heavy atom. The van der Waals surface area contributed by atoms with Crippen molar-refractivity contribution in [1.82, 2.24) is 35.0 Å². The van der Waals surface area contributed by atoms with Crippen molar-refractivity contribution in [1.29, 1.82) is 0 Å². The van der Waals surface area contributed by atoms with Gasteiger partial charge in [0.05, 0.1) is 11.7 Å². The third kappa shape index (κ3) is 9.35. The number of carboxylic acids is 1. The molecule has 1 amide bonds. The van der Waals surface area contributed by atoms with Crippen LogP contribution in [0.4, 0.5) is 11.6 Å². The van der Waals surface area contributed by atoms with Crippen LogP contribution < -0.4 is 15.1 Å². The number of carboxylic acid groups (broad SMARTS) is 1. The van der Waals surface area contributed by atoms with E-state index in [4.69, 9.17) is 14.7 Å². The summed E-state index contributed by atoms with van der Waals surface area (Å²) in [6.45, 7) is 18.6. The fourth-order valence-electron chi connectivity index (χ4n) is 9.53. The van der Waals surface area contributed by atoms with Gasteiger partial charge in [-0.1, -0.05) is 31.8 Å². The number of anilines is 2. The minimum Gasteiger partial charge on any atom is -0.477 e. The Bertz CT molecular complexity index is 2410. The third-order valence-corrected chi connectivity index (χ3v) is 15.3. The highest BCUT2D eigenvalue weighted by Gasteiger charge is 2.46. The normalized spacial score (nSPS) is 22.1. The SMILES string of the molecule is Cc1nc(N2CC3CC3C2)ccc1Cc1c[nH]c(C(=O)N[C@@H]2CCc3c2n[nH]c3C)c1.Cc1nc(N2CC3CC3C2)ccc1Cc1cc(C(=O)O)n(COCC[Si](C)(C)C)c1. The first-order valence-electron chi connectivity index (χ1n) is 22.2. The van der Waals surface area contributed by atoms with Gasteiger partial charge in [-0.2, -0.15) is 5.10 Å². The lowest BCUT2D eigenvalue weighted by Crippen LogP contribution is -2.27. The minimum atomic E-state index is -1.16. The molecule has 0 spiro atoms. The number of hydrogen-bond acceptors (Lipinski definition) is 8. The number of piperidine rings is 2. The maximum atomic E-state index is 12.8. The molecule has 4 fully saturated rings. The molecule has 0 radical (unpaired) electrons. The monoisotopic (exact) mass is 843 g/mol. The van der Waals surface area contributed by atoms with Gasteiger partial charge in [0.25, 0.3) is 5.91 Å². The lowest BCUT2D eigenvalue weighted by Gasteiger charge is -2.20. The van der Waals surface area contributed by atoms with Gasteiger partial charge in [0.2, 0.25) is 0 Å². The number of amides is 1. The summed E-state index contributed by atoms with van der Waals surface area (Å²) in [5.41, 5.74) is 10.7. The molecule has 2 aliphatic heterocycles. The van der Waals surface area contributed by atoms with Crippen LogP contribution in [0.15, 0.2) is 48.8 Å². The number of nitrogens with zero attached hydrogens (tertiary/aromatic N) is 6. The predicted molar refractivity (Wildman–Crippen MR) is 239 cm³/mol. The highest BCUT2D eigenvalue weighted by molar-refractivity contribution is 6.76. The van der Waals surface area contributed by atoms with E-state index in [1.54, 1.807) is 10.6 Å². The van der Waals surface area contributed by atoms with Gasteiger partial charge in [-0.3, -0.25) is 9.89 Å². The Labute approximate surface area is 359 Å². The molecule has 322 valence electrons. The summed E-state index contributed by atoms with van der Waals surface area (Å²) in [5.74, 6) is 4.74. The second kappa shape index (κ2) is 16.6. The summed E-state index contributed by atoms with van der Waals surface area (Å²) in [6.07, 6.45) is 9.92. The Balaban J connectivity index is 0.000000156. The van der Waals surface area contributed by atoms with Crippen LogP contribution in [-0.2, 0) is 30.7 Å². The molecule has 5 aliphatic rings. The fourth-order valence-corrected chi connectivity index (χ4v) is 10.3. The van der Waals surface area contributed by atoms with E-state index in [9.17, 15) is 14.7 Å². The summed E-state index contributed by atoms with van der Waals surface area (Å²) >= 11 is 0. The lowest BCUT2D eigenvalue weighted by atomic mass is 10.1. The fraction of sp³-hybridized carbons (Fsp3) is 0.511. The molecule has 14 heteroatoms. The number of hydrogen-bond donors (Lipinski definition) is 4. The molecule has 2 saturated carbocycles. The molecule has 13 nitrogen and oxygen atoms in total. The maximum Gasteiger partial charge on any atom is 0.352 e. The molecular weight excluding hydrogens is 783 g/mol. The van der Waals surface area contributed by atoms with Gasteiger partial charge >= 0.3 is 5.97 Å². The molecule has 5 aromatic heterocycles. The second-order valence-electron chi connectivity index (χ2n) is 19.6. The molecular formula is C47H61N9O4Si. The smallest absolute Gasteiger partial charge is 0.352 e. The molecule has 61 heavy (non-hydrogen) atoms. The highest BCUT2D eigenvalue weighted by Crippen LogP contribution is 2.47. The van der Waals surface area contributed by atoms with Gasteiger partial charge in [-0.05, 0) is 128 Å². The summed E-state index contributed by atoms with van der Waals surface area (Å²) in [6, 6.07) is 13.3. The Kier molecular flexibility index (Phi) is 11.2. The summed E-state index contributed by atoms with van der Waals surface area (Å²) in [7, 11) is -1.16. The number of pyridine rings is 2. The largest absolute Gasteiger partial charge is 0.477 e.